The maximum atomic E-state index is 11.7. The third-order valence-electron chi connectivity index (χ3n) is 2.84. The molecule has 1 saturated heterocycles. The van der Waals surface area contributed by atoms with E-state index in [4.69, 9.17) is 5.73 Å². The first-order chi connectivity index (χ1) is 6.97. The number of hydrogen-bond acceptors (Lipinski definition) is 3. The van der Waals surface area contributed by atoms with E-state index in [1.165, 1.54) is 0 Å². The van der Waals surface area contributed by atoms with Crippen molar-refractivity contribution < 1.29 is 9.59 Å². The molecule has 5 nitrogen and oxygen atoms in total. The number of rotatable bonds is 3. The Hall–Kier alpha value is -1.10. The van der Waals surface area contributed by atoms with Crippen LogP contribution in [0.4, 0.5) is 0 Å². The van der Waals surface area contributed by atoms with Crippen LogP contribution in [0.25, 0.3) is 0 Å². The fourth-order valence-corrected chi connectivity index (χ4v) is 1.39. The number of carbonyl (C=O) groups excluding carboxylic acids is 2. The summed E-state index contributed by atoms with van der Waals surface area (Å²) in [6, 6.07) is -0.416. The van der Waals surface area contributed by atoms with Gasteiger partial charge in [0.25, 0.3) is 0 Å². The van der Waals surface area contributed by atoms with Crippen LogP contribution >= 0.6 is 0 Å². The molecule has 0 aliphatic carbocycles. The van der Waals surface area contributed by atoms with Crippen molar-refractivity contribution in [1.82, 2.24) is 10.6 Å². The standard InChI is InChI=1S/C10H19N3O2/c1-3-10(2,11)9(15)13-7-5-4-6-12-8(7)14/h7H,3-6,11H2,1-2H3,(H,12,14)(H,13,15). The summed E-state index contributed by atoms with van der Waals surface area (Å²) < 4.78 is 0. The zero-order valence-electron chi connectivity index (χ0n) is 9.30. The molecule has 0 aromatic heterocycles. The minimum atomic E-state index is -0.891. The number of carbonyl (C=O) groups is 2. The maximum absolute atomic E-state index is 11.7. The number of piperidine rings is 1. The Morgan fingerprint density at radius 1 is 1.73 bits per heavy atom. The van der Waals surface area contributed by atoms with Crippen molar-refractivity contribution in [3.63, 3.8) is 0 Å². The van der Waals surface area contributed by atoms with Gasteiger partial charge in [0.05, 0.1) is 5.54 Å². The van der Waals surface area contributed by atoms with Crippen molar-refractivity contribution in [3.8, 4) is 0 Å². The highest BCUT2D eigenvalue weighted by molar-refractivity contribution is 5.91. The molecule has 4 N–H and O–H groups in total. The van der Waals surface area contributed by atoms with E-state index in [1.54, 1.807) is 6.92 Å². The van der Waals surface area contributed by atoms with Gasteiger partial charge in [0, 0.05) is 6.54 Å². The highest BCUT2D eigenvalue weighted by atomic mass is 16.2. The summed E-state index contributed by atoms with van der Waals surface area (Å²) >= 11 is 0. The summed E-state index contributed by atoms with van der Waals surface area (Å²) in [6.45, 7) is 4.21. The Bertz CT molecular complexity index is 263. The fourth-order valence-electron chi connectivity index (χ4n) is 1.39. The lowest BCUT2D eigenvalue weighted by molar-refractivity contribution is -0.132. The van der Waals surface area contributed by atoms with Gasteiger partial charge in [-0.1, -0.05) is 6.92 Å². The van der Waals surface area contributed by atoms with Gasteiger partial charge >= 0.3 is 0 Å². The second kappa shape index (κ2) is 4.61. The highest BCUT2D eigenvalue weighted by Gasteiger charge is 2.31. The Balaban J connectivity index is 2.53. The van der Waals surface area contributed by atoms with Crippen molar-refractivity contribution in [1.29, 1.82) is 0 Å². The van der Waals surface area contributed by atoms with Crippen molar-refractivity contribution in [2.45, 2.75) is 44.7 Å². The molecule has 2 amide bonds. The molecule has 1 heterocycles. The van der Waals surface area contributed by atoms with Crippen molar-refractivity contribution in [3.05, 3.63) is 0 Å². The third kappa shape index (κ3) is 2.92. The van der Waals surface area contributed by atoms with E-state index >= 15 is 0 Å². The van der Waals surface area contributed by atoms with Crippen LogP contribution in [0, 0.1) is 0 Å². The Morgan fingerprint density at radius 2 is 2.40 bits per heavy atom. The second-order valence-electron chi connectivity index (χ2n) is 4.23. The van der Waals surface area contributed by atoms with Crippen LogP contribution in [0.2, 0.25) is 0 Å². The van der Waals surface area contributed by atoms with Crippen molar-refractivity contribution in [2.24, 2.45) is 5.73 Å². The molecular formula is C10H19N3O2. The van der Waals surface area contributed by atoms with Gasteiger partial charge in [-0.15, -0.1) is 0 Å². The summed E-state index contributed by atoms with van der Waals surface area (Å²) in [5, 5.41) is 5.40. The molecule has 86 valence electrons. The lowest BCUT2D eigenvalue weighted by Crippen LogP contribution is -2.58. The number of hydrogen-bond donors (Lipinski definition) is 3. The molecule has 1 rings (SSSR count). The Morgan fingerprint density at radius 3 is 2.93 bits per heavy atom. The smallest absolute Gasteiger partial charge is 0.242 e. The van der Waals surface area contributed by atoms with Crippen LogP contribution in [-0.2, 0) is 9.59 Å². The molecule has 0 aromatic carbocycles. The van der Waals surface area contributed by atoms with Gasteiger partial charge in [-0.05, 0) is 26.2 Å². The normalized spacial score (nSPS) is 25.3. The third-order valence-corrected chi connectivity index (χ3v) is 2.84. The lowest BCUT2D eigenvalue weighted by Gasteiger charge is -2.27. The zero-order chi connectivity index (χ0) is 11.5. The average Bonchev–Trinajstić information content (AvgIpc) is 2.21. The van der Waals surface area contributed by atoms with E-state index in [1.807, 2.05) is 6.92 Å². The molecule has 1 fully saturated rings. The Labute approximate surface area is 89.8 Å². The zero-order valence-corrected chi connectivity index (χ0v) is 9.30. The van der Waals surface area contributed by atoms with Gasteiger partial charge < -0.3 is 16.4 Å². The summed E-state index contributed by atoms with van der Waals surface area (Å²) in [6.07, 6.45) is 2.13. The molecule has 0 aromatic rings. The molecular weight excluding hydrogens is 194 g/mol. The molecule has 15 heavy (non-hydrogen) atoms. The summed E-state index contributed by atoms with van der Waals surface area (Å²) in [5.41, 5.74) is 4.89. The summed E-state index contributed by atoms with van der Waals surface area (Å²) in [5.74, 6) is -0.367. The second-order valence-corrected chi connectivity index (χ2v) is 4.23. The molecule has 0 radical (unpaired) electrons. The first kappa shape index (κ1) is 12.0. The SMILES string of the molecule is CCC(C)(N)C(=O)NC1CCCNC1=O. The number of nitrogens with two attached hydrogens (primary N) is 1. The van der Waals surface area contributed by atoms with Gasteiger partial charge in [-0.2, -0.15) is 0 Å². The minimum absolute atomic E-state index is 0.110. The van der Waals surface area contributed by atoms with E-state index in [0.29, 0.717) is 19.4 Å². The molecule has 0 bridgehead atoms. The van der Waals surface area contributed by atoms with Gasteiger partial charge in [0.2, 0.25) is 11.8 Å². The first-order valence-electron chi connectivity index (χ1n) is 5.35. The van der Waals surface area contributed by atoms with Crippen LogP contribution < -0.4 is 16.4 Å². The number of nitrogens with one attached hydrogen (secondary N) is 2. The maximum Gasteiger partial charge on any atom is 0.242 e. The largest absolute Gasteiger partial charge is 0.354 e. The van der Waals surface area contributed by atoms with Gasteiger partial charge in [-0.3, -0.25) is 9.59 Å². The van der Waals surface area contributed by atoms with E-state index in [0.717, 1.165) is 6.42 Å². The quantitative estimate of drug-likeness (QED) is 0.591. The van der Waals surface area contributed by atoms with Crippen LogP contribution in [0.1, 0.15) is 33.1 Å². The monoisotopic (exact) mass is 213 g/mol. The van der Waals surface area contributed by atoms with E-state index in [-0.39, 0.29) is 11.8 Å². The van der Waals surface area contributed by atoms with E-state index < -0.39 is 11.6 Å². The van der Waals surface area contributed by atoms with Crippen LogP contribution in [0.3, 0.4) is 0 Å². The average molecular weight is 213 g/mol. The summed E-state index contributed by atoms with van der Waals surface area (Å²) in [4.78, 5) is 23.1. The number of amides is 2. The van der Waals surface area contributed by atoms with Crippen LogP contribution in [0.5, 0.6) is 0 Å². The van der Waals surface area contributed by atoms with Gasteiger partial charge in [0.15, 0.2) is 0 Å². The molecule has 2 unspecified atom stereocenters. The van der Waals surface area contributed by atoms with Crippen molar-refractivity contribution >= 4 is 11.8 Å². The predicted octanol–water partition coefficient (Wildman–Crippen LogP) is -0.491. The highest BCUT2D eigenvalue weighted by Crippen LogP contribution is 2.08. The lowest BCUT2D eigenvalue weighted by atomic mass is 9.98. The van der Waals surface area contributed by atoms with E-state index in [2.05, 4.69) is 10.6 Å². The molecule has 5 heteroatoms. The van der Waals surface area contributed by atoms with Crippen LogP contribution in [-0.4, -0.2) is 29.9 Å². The van der Waals surface area contributed by atoms with Crippen LogP contribution in [0.15, 0.2) is 0 Å². The minimum Gasteiger partial charge on any atom is -0.354 e. The summed E-state index contributed by atoms with van der Waals surface area (Å²) in [7, 11) is 0. The molecule has 1 aliphatic heterocycles. The molecule has 1 aliphatic rings. The Kier molecular flexibility index (Phi) is 3.68. The molecule has 0 saturated carbocycles. The van der Waals surface area contributed by atoms with Crippen molar-refractivity contribution in [2.75, 3.05) is 6.54 Å². The van der Waals surface area contributed by atoms with Gasteiger partial charge in [0.1, 0.15) is 6.04 Å². The fraction of sp³-hybridized carbons (Fsp3) is 0.800. The molecule has 2 atom stereocenters. The first-order valence-corrected chi connectivity index (χ1v) is 5.35. The predicted molar refractivity (Wildman–Crippen MR) is 57.1 cm³/mol. The van der Waals surface area contributed by atoms with E-state index in [9.17, 15) is 9.59 Å². The topological polar surface area (TPSA) is 84.2 Å². The van der Waals surface area contributed by atoms with Gasteiger partial charge in [-0.25, -0.2) is 0 Å². The molecule has 0 spiro atoms.